The molecule has 1 saturated heterocycles. The van der Waals surface area contributed by atoms with Crippen molar-refractivity contribution in [2.45, 2.75) is 31.2 Å². The second kappa shape index (κ2) is 7.38. The summed E-state index contributed by atoms with van der Waals surface area (Å²) in [6.45, 7) is 4.12. The Labute approximate surface area is 157 Å². The number of halogens is 2. The van der Waals surface area contributed by atoms with E-state index >= 15 is 0 Å². The van der Waals surface area contributed by atoms with Crippen LogP contribution in [0.2, 0.25) is 10.0 Å². The van der Waals surface area contributed by atoms with Gasteiger partial charge in [-0.1, -0.05) is 47.5 Å². The van der Waals surface area contributed by atoms with Crippen molar-refractivity contribution in [2.24, 2.45) is 0 Å². The molecule has 2 atom stereocenters. The van der Waals surface area contributed by atoms with E-state index in [1.54, 1.807) is 11.8 Å². The van der Waals surface area contributed by atoms with Gasteiger partial charge in [-0.3, -0.25) is 4.79 Å². The maximum atomic E-state index is 12.6. The average molecular weight is 380 g/mol. The monoisotopic (exact) mass is 379 g/mol. The van der Waals surface area contributed by atoms with Gasteiger partial charge in [-0.2, -0.15) is 0 Å². The van der Waals surface area contributed by atoms with E-state index < -0.39 is 0 Å². The highest BCUT2D eigenvalue weighted by atomic mass is 35.5. The highest BCUT2D eigenvalue weighted by Crippen LogP contribution is 2.48. The first-order chi connectivity index (χ1) is 11.5. The Morgan fingerprint density at radius 1 is 1.04 bits per heavy atom. The molecule has 3 rings (SSSR count). The van der Waals surface area contributed by atoms with Crippen molar-refractivity contribution in [2.75, 3.05) is 5.75 Å². The standard InChI is InChI=1S/C19H19Cl2NOS/c1-12(2)22-17(23)11-24-19(14-4-3-5-16(21)10-14)18(22)13-6-8-15(20)9-7-13/h3-10,12,18-19H,11H2,1-2H3/t18-,19+/m1/s1. The molecule has 0 saturated carbocycles. The summed E-state index contributed by atoms with van der Waals surface area (Å²) in [5.74, 6) is 0.660. The zero-order chi connectivity index (χ0) is 17.3. The molecule has 1 heterocycles. The number of amides is 1. The molecule has 0 aromatic heterocycles. The average Bonchev–Trinajstić information content (AvgIpc) is 2.55. The van der Waals surface area contributed by atoms with Crippen LogP contribution in [-0.2, 0) is 4.79 Å². The van der Waals surface area contributed by atoms with Crippen molar-refractivity contribution in [1.29, 1.82) is 0 Å². The molecular formula is C19H19Cl2NOS. The summed E-state index contributed by atoms with van der Waals surface area (Å²) in [6, 6.07) is 15.8. The lowest BCUT2D eigenvalue weighted by atomic mass is 9.95. The SMILES string of the molecule is CC(C)N1C(=O)CS[C@@H](c2cccc(Cl)c2)[C@H]1c1ccc(Cl)cc1. The van der Waals surface area contributed by atoms with Crippen molar-refractivity contribution in [3.05, 3.63) is 69.7 Å². The van der Waals surface area contributed by atoms with E-state index in [0.29, 0.717) is 10.8 Å². The van der Waals surface area contributed by atoms with Crippen molar-refractivity contribution in [1.82, 2.24) is 4.90 Å². The Balaban J connectivity index is 2.08. The molecule has 1 amide bonds. The van der Waals surface area contributed by atoms with Gasteiger partial charge >= 0.3 is 0 Å². The molecule has 0 unspecified atom stereocenters. The zero-order valence-electron chi connectivity index (χ0n) is 13.6. The molecule has 1 fully saturated rings. The Bertz CT molecular complexity index is 732. The first-order valence-electron chi connectivity index (χ1n) is 7.91. The van der Waals surface area contributed by atoms with Crippen molar-refractivity contribution >= 4 is 40.9 Å². The molecule has 0 bridgehead atoms. The molecular weight excluding hydrogens is 361 g/mol. The molecule has 2 nitrogen and oxygen atoms in total. The fourth-order valence-corrected chi connectivity index (χ4v) is 4.80. The lowest BCUT2D eigenvalue weighted by molar-refractivity contribution is -0.133. The predicted octanol–water partition coefficient (Wildman–Crippen LogP) is 5.76. The van der Waals surface area contributed by atoms with Crippen LogP contribution in [-0.4, -0.2) is 22.6 Å². The quantitative estimate of drug-likeness (QED) is 0.675. The smallest absolute Gasteiger partial charge is 0.233 e. The number of thioether (sulfide) groups is 1. The van der Waals surface area contributed by atoms with Gasteiger partial charge in [-0.15, -0.1) is 11.8 Å². The van der Waals surface area contributed by atoms with Gasteiger partial charge in [0, 0.05) is 16.1 Å². The number of benzene rings is 2. The van der Waals surface area contributed by atoms with Crippen LogP contribution in [0.3, 0.4) is 0 Å². The second-order valence-electron chi connectivity index (χ2n) is 6.18. The number of nitrogens with zero attached hydrogens (tertiary/aromatic N) is 1. The van der Waals surface area contributed by atoms with Gasteiger partial charge in [0.15, 0.2) is 0 Å². The molecule has 5 heteroatoms. The van der Waals surface area contributed by atoms with Gasteiger partial charge in [-0.05, 0) is 49.2 Å². The largest absolute Gasteiger partial charge is 0.331 e. The van der Waals surface area contributed by atoms with E-state index in [-0.39, 0.29) is 23.2 Å². The Kier molecular flexibility index (Phi) is 5.43. The highest BCUT2D eigenvalue weighted by Gasteiger charge is 2.39. The molecule has 1 aliphatic rings. The van der Waals surface area contributed by atoms with Gasteiger partial charge in [0.25, 0.3) is 0 Å². The highest BCUT2D eigenvalue weighted by molar-refractivity contribution is 8.00. The molecule has 0 spiro atoms. The van der Waals surface area contributed by atoms with Crippen LogP contribution >= 0.6 is 35.0 Å². The molecule has 0 aliphatic carbocycles. The van der Waals surface area contributed by atoms with E-state index in [0.717, 1.165) is 16.1 Å². The fraction of sp³-hybridized carbons (Fsp3) is 0.316. The van der Waals surface area contributed by atoms with Crippen LogP contribution in [0.15, 0.2) is 48.5 Å². The first kappa shape index (κ1) is 17.7. The van der Waals surface area contributed by atoms with Gasteiger partial charge < -0.3 is 4.90 Å². The minimum atomic E-state index is -0.0352. The van der Waals surface area contributed by atoms with E-state index in [2.05, 4.69) is 19.9 Å². The normalized spacial score (nSPS) is 21.4. The van der Waals surface area contributed by atoms with Crippen LogP contribution in [0.25, 0.3) is 0 Å². The maximum Gasteiger partial charge on any atom is 0.233 e. The van der Waals surface area contributed by atoms with Crippen molar-refractivity contribution in [3.8, 4) is 0 Å². The Hall–Kier alpha value is -1.16. The summed E-state index contributed by atoms with van der Waals surface area (Å²) in [5, 5.41) is 1.56. The van der Waals surface area contributed by atoms with Gasteiger partial charge in [0.05, 0.1) is 17.0 Å². The van der Waals surface area contributed by atoms with E-state index in [9.17, 15) is 4.79 Å². The number of hydrogen-bond donors (Lipinski definition) is 0. The third kappa shape index (κ3) is 3.58. The summed E-state index contributed by atoms with van der Waals surface area (Å²) in [4.78, 5) is 14.6. The fourth-order valence-electron chi connectivity index (χ4n) is 3.19. The summed E-state index contributed by atoms with van der Waals surface area (Å²) >= 11 is 13.9. The van der Waals surface area contributed by atoms with Crippen molar-refractivity contribution in [3.63, 3.8) is 0 Å². The molecule has 0 N–H and O–H groups in total. The minimum Gasteiger partial charge on any atom is -0.331 e. The molecule has 2 aromatic rings. The summed E-state index contributed by atoms with van der Waals surface area (Å²) < 4.78 is 0. The summed E-state index contributed by atoms with van der Waals surface area (Å²) in [5.41, 5.74) is 2.24. The molecule has 24 heavy (non-hydrogen) atoms. The third-order valence-electron chi connectivity index (χ3n) is 4.21. The summed E-state index contributed by atoms with van der Waals surface area (Å²) in [7, 11) is 0. The van der Waals surface area contributed by atoms with Crippen molar-refractivity contribution < 1.29 is 4.79 Å². The van der Waals surface area contributed by atoms with E-state index in [4.69, 9.17) is 23.2 Å². The van der Waals surface area contributed by atoms with Crippen LogP contribution in [0.1, 0.15) is 36.3 Å². The number of carbonyl (C=O) groups excluding carboxylic acids is 1. The molecule has 0 radical (unpaired) electrons. The first-order valence-corrected chi connectivity index (χ1v) is 9.71. The number of hydrogen-bond acceptors (Lipinski definition) is 2. The Morgan fingerprint density at radius 2 is 1.75 bits per heavy atom. The van der Waals surface area contributed by atoms with Crippen LogP contribution in [0, 0.1) is 0 Å². The lowest BCUT2D eigenvalue weighted by Gasteiger charge is -2.43. The Morgan fingerprint density at radius 3 is 2.38 bits per heavy atom. The molecule has 2 aromatic carbocycles. The van der Waals surface area contributed by atoms with Gasteiger partial charge in [0.2, 0.25) is 5.91 Å². The van der Waals surface area contributed by atoms with Gasteiger partial charge in [-0.25, -0.2) is 0 Å². The van der Waals surface area contributed by atoms with E-state index in [1.807, 2.05) is 47.4 Å². The zero-order valence-corrected chi connectivity index (χ0v) is 15.9. The van der Waals surface area contributed by atoms with Crippen LogP contribution < -0.4 is 0 Å². The lowest BCUT2D eigenvalue weighted by Crippen LogP contribution is -2.46. The number of rotatable bonds is 3. The third-order valence-corrected chi connectivity index (χ3v) is 6.00. The maximum absolute atomic E-state index is 12.6. The molecule has 126 valence electrons. The van der Waals surface area contributed by atoms with Gasteiger partial charge in [0.1, 0.15) is 0 Å². The van der Waals surface area contributed by atoms with Crippen LogP contribution in [0.4, 0.5) is 0 Å². The second-order valence-corrected chi connectivity index (χ2v) is 8.18. The topological polar surface area (TPSA) is 20.3 Å². The van der Waals surface area contributed by atoms with E-state index in [1.165, 1.54) is 0 Å². The molecule has 1 aliphatic heterocycles. The number of carbonyl (C=O) groups is 1. The summed E-state index contributed by atoms with van der Waals surface area (Å²) in [6.07, 6.45) is 0. The minimum absolute atomic E-state index is 0.0352. The predicted molar refractivity (Wildman–Crippen MR) is 103 cm³/mol. The van der Waals surface area contributed by atoms with Crippen LogP contribution in [0.5, 0.6) is 0 Å².